The van der Waals surface area contributed by atoms with Crippen molar-refractivity contribution in [3.8, 4) is 0 Å². The number of rotatable bonds is 6. The smallest absolute Gasteiger partial charge is 0.0106 e. The zero-order chi connectivity index (χ0) is 12.6. The molecule has 0 saturated heterocycles. The first-order chi connectivity index (χ1) is 8.88. The van der Waals surface area contributed by atoms with Crippen molar-refractivity contribution in [3.63, 3.8) is 0 Å². The van der Waals surface area contributed by atoms with Gasteiger partial charge in [-0.1, -0.05) is 24.6 Å². The molecule has 0 radical (unpaired) electrons. The second kappa shape index (κ2) is 8.13. The molecule has 1 aliphatic carbocycles. The van der Waals surface area contributed by atoms with Crippen LogP contribution in [0, 0.1) is 0 Å². The fraction of sp³-hybridized carbons (Fsp3) is 0.600. The van der Waals surface area contributed by atoms with Crippen LogP contribution in [-0.2, 0) is 0 Å². The standard InChI is InChI=1S/C15H23NS2/c1-17-15-9-5-6-13(12-15)16-10-11-18-14-7-3-2-4-8-14/h2-4,7-8,13,15-16H,5-6,9-12H2,1H3. The number of thioether (sulfide) groups is 2. The van der Waals surface area contributed by atoms with Crippen molar-refractivity contribution in [1.29, 1.82) is 0 Å². The van der Waals surface area contributed by atoms with Gasteiger partial charge in [-0.05, 0) is 37.7 Å². The summed E-state index contributed by atoms with van der Waals surface area (Å²) in [6.07, 6.45) is 7.79. The minimum Gasteiger partial charge on any atom is -0.313 e. The summed E-state index contributed by atoms with van der Waals surface area (Å²) in [4.78, 5) is 1.38. The molecule has 100 valence electrons. The van der Waals surface area contributed by atoms with E-state index in [4.69, 9.17) is 0 Å². The highest BCUT2D eigenvalue weighted by molar-refractivity contribution is 7.99. The SMILES string of the molecule is CSC1CCCC(NCCSc2ccccc2)C1. The maximum Gasteiger partial charge on any atom is 0.0106 e. The molecule has 2 atom stereocenters. The lowest BCUT2D eigenvalue weighted by molar-refractivity contribution is 0.389. The zero-order valence-electron chi connectivity index (χ0n) is 11.1. The molecule has 0 aliphatic heterocycles. The van der Waals surface area contributed by atoms with Crippen LogP contribution in [0.3, 0.4) is 0 Å². The van der Waals surface area contributed by atoms with E-state index in [0.717, 1.165) is 17.8 Å². The van der Waals surface area contributed by atoms with Gasteiger partial charge in [0.1, 0.15) is 0 Å². The van der Waals surface area contributed by atoms with E-state index in [0.29, 0.717) is 0 Å². The predicted octanol–water partition coefficient (Wildman–Crippen LogP) is 4.04. The third kappa shape index (κ3) is 4.87. The van der Waals surface area contributed by atoms with Crippen LogP contribution >= 0.6 is 23.5 Å². The summed E-state index contributed by atoms with van der Waals surface area (Å²) in [5.41, 5.74) is 0. The summed E-state index contributed by atoms with van der Waals surface area (Å²) in [5.74, 6) is 1.17. The zero-order valence-corrected chi connectivity index (χ0v) is 12.7. The minimum absolute atomic E-state index is 0.757. The maximum absolute atomic E-state index is 3.72. The first-order valence-electron chi connectivity index (χ1n) is 6.82. The Morgan fingerprint density at radius 3 is 2.83 bits per heavy atom. The Kier molecular flexibility index (Phi) is 6.46. The Morgan fingerprint density at radius 1 is 1.22 bits per heavy atom. The molecule has 2 rings (SSSR count). The summed E-state index contributed by atoms with van der Waals surface area (Å²) < 4.78 is 0. The van der Waals surface area contributed by atoms with Gasteiger partial charge < -0.3 is 5.32 Å². The van der Waals surface area contributed by atoms with Crippen molar-refractivity contribution in [1.82, 2.24) is 5.32 Å². The van der Waals surface area contributed by atoms with Crippen LogP contribution in [0.5, 0.6) is 0 Å². The lowest BCUT2D eigenvalue weighted by Crippen LogP contribution is -2.36. The lowest BCUT2D eigenvalue weighted by Gasteiger charge is -2.28. The Morgan fingerprint density at radius 2 is 2.06 bits per heavy atom. The molecule has 1 aliphatic rings. The highest BCUT2D eigenvalue weighted by Crippen LogP contribution is 2.26. The van der Waals surface area contributed by atoms with E-state index in [-0.39, 0.29) is 0 Å². The fourth-order valence-electron chi connectivity index (χ4n) is 2.49. The normalized spacial score (nSPS) is 24.1. The summed E-state index contributed by atoms with van der Waals surface area (Å²) in [5, 5.41) is 4.61. The molecule has 0 heterocycles. The highest BCUT2D eigenvalue weighted by Gasteiger charge is 2.20. The van der Waals surface area contributed by atoms with Crippen LogP contribution in [0.4, 0.5) is 0 Å². The van der Waals surface area contributed by atoms with Gasteiger partial charge >= 0.3 is 0 Å². The van der Waals surface area contributed by atoms with Crippen molar-refractivity contribution >= 4 is 23.5 Å². The first kappa shape index (κ1) is 14.3. The molecule has 1 nitrogen and oxygen atoms in total. The summed E-state index contributed by atoms with van der Waals surface area (Å²) >= 11 is 3.99. The second-order valence-electron chi connectivity index (χ2n) is 4.84. The molecule has 0 aromatic heterocycles. The molecule has 2 unspecified atom stereocenters. The van der Waals surface area contributed by atoms with Gasteiger partial charge in [0.25, 0.3) is 0 Å². The fourth-order valence-corrected chi connectivity index (χ4v) is 4.13. The summed E-state index contributed by atoms with van der Waals surface area (Å²) in [7, 11) is 0. The monoisotopic (exact) mass is 281 g/mol. The van der Waals surface area contributed by atoms with Gasteiger partial charge in [0.05, 0.1) is 0 Å². The van der Waals surface area contributed by atoms with E-state index < -0.39 is 0 Å². The van der Waals surface area contributed by atoms with Gasteiger partial charge in [-0.3, -0.25) is 0 Å². The van der Waals surface area contributed by atoms with Crippen LogP contribution < -0.4 is 5.32 Å². The van der Waals surface area contributed by atoms with Gasteiger partial charge in [0.15, 0.2) is 0 Å². The molecule has 3 heteroatoms. The van der Waals surface area contributed by atoms with Crippen LogP contribution in [0.25, 0.3) is 0 Å². The van der Waals surface area contributed by atoms with Gasteiger partial charge in [0, 0.05) is 28.5 Å². The predicted molar refractivity (Wildman–Crippen MR) is 84.7 cm³/mol. The minimum atomic E-state index is 0.757. The van der Waals surface area contributed by atoms with E-state index in [9.17, 15) is 0 Å². The van der Waals surface area contributed by atoms with Crippen LogP contribution in [0.15, 0.2) is 35.2 Å². The largest absolute Gasteiger partial charge is 0.313 e. The van der Waals surface area contributed by atoms with E-state index in [1.54, 1.807) is 0 Å². The molecule has 0 spiro atoms. The molecule has 1 aromatic carbocycles. The van der Waals surface area contributed by atoms with E-state index in [1.807, 2.05) is 23.5 Å². The molecule has 1 aromatic rings. The van der Waals surface area contributed by atoms with Crippen LogP contribution in [-0.4, -0.2) is 29.8 Å². The number of hydrogen-bond donors (Lipinski definition) is 1. The number of nitrogens with one attached hydrogen (secondary N) is 1. The molecule has 1 saturated carbocycles. The van der Waals surface area contributed by atoms with Crippen LogP contribution in [0.1, 0.15) is 25.7 Å². The summed E-state index contributed by atoms with van der Waals surface area (Å²) in [6.45, 7) is 1.13. The Labute approximate surface area is 120 Å². The maximum atomic E-state index is 3.72. The Hall–Kier alpha value is -0.120. The summed E-state index contributed by atoms with van der Waals surface area (Å²) in [6, 6.07) is 11.4. The quantitative estimate of drug-likeness (QED) is 0.624. The van der Waals surface area contributed by atoms with Crippen molar-refractivity contribution in [2.24, 2.45) is 0 Å². The molecule has 0 amide bonds. The number of benzene rings is 1. The van der Waals surface area contributed by atoms with Crippen molar-refractivity contribution in [2.75, 3.05) is 18.6 Å². The van der Waals surface area contributed by atoms with Gasteiger partial charge in [-0.2, -0.15) is 11.8 Å². The molecule has 0 bridgehead atoms. The molecule has 18 heavy (non-hydrogen) atoms. The average molecular weight is 281 g/mol. The second-order valence-corrected chi connectivity index (χ2v) is 7.14. The van der Waals surface area contributed by atoms with E-state index >= 15 is 0 Å². The topological polar surface area (TPSA) is 12.0 Å². The third-order valence-electron chi connectivity index (χ3n) is 3.51. The third-order valence-corrected chi connectivity index (χ3v) is 5.62. The molecule has 1 fully saturated rings. The van der Waals surface area contributed by atoms with Crippen molar-refractivity contribution in [3.05, 3.63) is 30.3 Å². The highest BCUT2D eigenvalue weighted by atomic mass is 32.2. The Balaban J connectivity index is 1.60. The van der Waals surface area contributed by atoms with Crippen molar-refractivity contribution in [2.45, 2.75) is 41.9 Å². The van der Waals surface area contributed by atoms with Gasteiger partial charge in [-0.25, -0.2) is 0 Å². The Bertz CT molecular complexity index is 329. The van der Waals surface area contributed by atoms with Gasteiger partial charge in [0.2, 0.25) is 0 Å². The van der Waals surface area contributed by atoms with Crippen molar-refractivity contribution < 1.29 is 0 Å². The molecular formula is C15H23NS2. The molecule has 1 N–H and O–H groups in total. The first-order valence-corrected chi connectivity index (χ1v) is 9.10. The lowest BCUT2D eigenvalue weighted by atomic mass is 9.95. The van der Waals surface area contributed by atoms with Crippen LogP contribution in [0.2, 0.25) is 0 Å². The number of hydrogen-bond acceptors (Lipinski definition) is 3. The van der Waals surface area contributed by atoms with Gasteiger partial charge in [-0.15, -0.1) is 11.8 Å². The van der Waals surface area contributed by atoms with E-state index in [2.05, 4.69) is 41.9 Å². The average Bonchev–Trinajstić information content (AvgIpc) is 2.45. The molecular weight excluding hydrogens is 258 g/mol. The van der Waals surface area contributed by atoms with E-state index in [1.165, 1.54) is 36.3 Å².